The van der Waals surface area contributed by atoms with Crippen LogP contribution in [0.15, 0.2) is 58.4 Å². The molecule has 0 saturated carbocycles. The molecule has 8 heteroatoms. The maximum atomic E-state index is 12.2. The van der Waals surface area contributed by atoms with E-state index in [4.69, 9.17) is 11.6 Å². The summed E-state index contributed by atoms with van der Waals surface area (Å²) in [6, 6.07) is 14.0. The van der Waals surface area contributed by atoms with Crippen LogP contribution in [-0.4, -0.2) is 16.8 Å². The average Bonchev–Trinajstić information content (AvgIpc) is 3.10. The summed E-state index contributed by atoms with van der Waals surface area (Å²) in [7, 11) is 0. The van der Waals surface area contributed by atoms with Crippen LogP contribution in [0, 0.1) is 0 Å². The van der Waals surface area contributed by atoms with Crippen molar-refractivity contribution in [2.75, 3.05) is 10.6 Å². The van der Waals surface area contributed by atoms with Crippen molar-refractivity contribution in [1.29, 1.82) is 0 Å². The van der Waals surface area contributed by atoms with Crippen molar-refractivity contribution in [2.45, 2.75) is 12.8 Å². The normalized spacial score (nSPS) is 10.4. The number of thiazole rings is 1. The molecule has 0 unspecified atom stereocenters. The number of halogens is 2. The Morgan fingerprint density at radius 1 is 1.04 bits per heavy atom. The molecule has 0 fully saturated rings. The molecule has 0 saturated heterocycles. The number of rotatable bonds is 6. The lowest BCUT2D eigenvalue weighted by atomic mass is 10.2. The van der Waals surface area contributed by atoms with E-state index >= 15 is 0 Å². The van der Waals surface area contributed by atoms with Crippen LogP contribution in [0.25, 0.3) is 0 Å². The van der Waals surface area contributed by atoms with Gasteiger partial charge in [-0.05, 0) is 55.0 Å². The van der Waals surface area contributed by atoms with Crippen LogP contribution in [0.5, 0.6) is 0 Å². The number of hydrogen-bond acceptors (Lipinski definition) is 4. The molecule has 2 N–H and O–H groups in total. The molecule has 0 atom stereocenters. The van der Waals surface area contributed by atoms with E-state index in [1.807, 2.05) is 29.6 Å². The number of carbonyl (C=O) groups excluding carboxylic acids is 2. The third-order valence-corrected chi connectivity index (χ3v) is 5.20. The predicted molar refractivity (Wildman–Crippen MR) is 113 cm³/mol. The fraction of sp³-hybridized carbons (Fsp3) is 0.105. The first-order chi connectivity index (χ1) is 13.0. The summed E-state index contributed by atoms with van der Waals surface area (Å²) in [6.45, 7) is 0. The molecule has 0 radical (unpaired) electrons. The third-order valence-electron chi connectivity index (χ3n) is 3.61. The minimum Gasteiger partial charge on any atom is -0.326 e. The lowest BCUT2D eigenvalue weighted by molar-refractivity contribution is -0.116. The van der Waals surface area contributed by atoms with E-state index in [0.29, 0.717) is 28.6 Å². The number of anilines is 2. The zero-order chi connectivity index (χ0) is 19.2. The summed E-state index contributed by atoms with van der Waals surface area (Å²) in [4.78, 5) is 28.6. The van der Waals surface area contributed by atoms with E-state index in [0.717, 1.165) is 15.9 Å². The van der Waals surface area contributed by atoms with E-state index in [1.54, 1.807) is 24.3 Å². The fourth-order valence-corrected chi connectivity index (χ4v) is 3.38. The highest BCUT2D eigenvalue weighted by Crippen LogP contribution is 2.19. The van der Waals surface area contributed by atoms with Gasteiger partial charge in [-0.2, -0.15) is 0 Å². The molecule has 3 aromatic rings. The lowest BCUT2D eigenvalue weighted by Crippen LogP contribution is -2.13. The number of nitrogens with zero attached hydrogens (tertiary/aromatic N) is 1. The van der Waals surface area contributed by atoms with Crippen molar-refractivity contribution in [3.63, 3.8) is 0 Å². The lowest BCUT2D eigenvalue weighted by Gasteiger charge is -2.04. The molecular weight excluding hydrogens is 450 g/mol. The number of hydrogen-bond donors (Lipinski definition) is 2. The Morgan fingerprint density at radius 3 is 2.44 bits per heavy atom. The summed E-state index contributed by atoms with van der Waals surface area (Å²) < 4.78 is 0.955. The van der Waals surface area contributed by atoms with Gasteiger partial charge in [0.25, 0.3) is 5.91 Å². The topological polar surface area (TPSA) is 71.1 Å². The number of benzene rings is 2. The second-order valence-electron chi connectivity index (χ2n) is 5.66. The minimum absolute atomic E-state index is 0.0860. The minimum atomic E-state index is -0.249. The summed E-state index contributed by atoms with van der Waals surface area (Å²) >= 11 is 10.5. The van der Waals surface area contributed by atoms with Gasteiger partial charge in [0.2, 0.25) is 5.91 Å². The summed E-state index contributed by atoms with van der Waals surface area (Å²) in [5.41, 5.74) is 2.01. The number of aromatic nitrogens is 1. The quantitative estimate of drug-likeness (QED) is 0.514. The molecule has 1 heterocycles. The van der Waals surface area contributed by atoms with Crippen LogP contribution in [0.3, 0.4) is 0 Å². The smallest absolute Gasteiger partial charge is 0.257 e. The number of carbonyl (C=O) groups is 2. The molecule has 0 bridgehead atoms. The van der Waals surface area contributed by atoms with Crippen LogP contribution in [0.2, 0.25) is 5.02 Å². The Kier molecular flexibility index (Phi) is 6.60. The van der Waals surface area contributed by atoms with Gasteiger partial charge < -0.3 is 5.32 Å². The van der Waals surface area contributed by atoms with Crippen LogP contribution in [0.4, 0.5) is 10.8 Å². The van der Waals surface area contributed by atoms with Crippen molar-refractivity contribution >= 4 is 61.5 Å². The van der Waals surface area contributed by atoms with Gasteiger partial charge in [-0.3, -0.25) is 14.9 Å². The largest absolute Gasteiger partial charge is 0.326 e. The standard InChI is InChI=1S/C19H15BrClN3O2S/c20-13-3-7-15(8-4-13)22-17(25)10-9-16-11-27-19(23-16)24-18(26)12-1-5-14(21)6-2-12/h1-8,11H,9-10H2,(H,22,25)(H,23,24,26). The highest BCUT2D eigenvalue weighted by molar-refractivity contribution is 9.10. The van der Waals surface area contributed by atoms with E-state index in [9.17, 15) is 9.59 Å². The predicted octanol–water partition coefficient (Wildman–Crippen LogP) is 5.38. The average molecular weight is 465 g/mol. The second kappa shape index (κ2) is 9.12. The van der Waals surface area contributed by atoms with Gasteiger partial charge in [0.1, 0.15) is 0 Å². The molecule has 0 spiro atoms. The van der Waals surface area contributed by atoms with Gasteiger partial charge >= 0.3 is 0 Å². The molecule has 27 heavy (non-hydrogen) atoms. The Hall–Kier alpha value is -2.22. The fourth-order valence-electron chi connectivity index (χ4n) is 2.25. The Balaban J connectivity index is 1.50. The van der Waals surface area contributed by atoms with Gasteiger partial charge in [0, 0.05) is 32.5 Å². The van der Waals surface area contributed by atoms with Crippen LogP contribution < -0.4 is 10.6 Å². The highest BCUT2D eigenvalue weighted by Gasteiger charge is 2.10. The molecule has 3 rings (SSSR count). The van der Waals surface area contributed by atoms with Crippen molar-refractivity contribution in [3.05, 3.63) is 74.7 Å². The maximum Gasteiger partial charge on any atom is 0.257 e. The first kappa shape index (κ1) is 19.5. The highest BCUT2D eigenvalue weighted by atomic mass is 79.9. The molecule has 0 aliphatic rings. The van der Waals surface area contributed by atoms with E-state index < -0.39 is 0 Å². The summed E-state index contributed by atoms with van der Waals surface area (Å²) in [6.07, 6.45) is 0.806. The summed E-state index contributed by atoms with van der Waals surface area (Å²) in [5, 5.41) is 8.50. The van der Waals surface area contributed by atoms with Gasteiger partial charge in [-0.25, -0.2) is 4.98 Å². The molecule has 2 aromatic carbocycles. The van der Waals surface area contributed by atoms with Crippen LogP contribution in [-0.2, 0) is 11.2 Å². The first-order valence-electron chi connectivity index (χ1n) is 8.06. The van der Waals surface area contributed by atoms with Crippen LogP contribution >= 0.6 is 38.9 Å². The molecule has 0 aliphatic carbocycles. The SMILES string of the molecule is O=C(CCc1csc(NC(=O)c2ccc(Cl)cc2)n1)Nc1ccc(Br)cc1. The Bertz CT molecular complexity index is 942. The first-order valence-corrected chi connectivity index (χ1v) is 10.1. The number of nitrogens with one attached hydrogen (secondary N) is 2. The van der Waals surface area contributed by atoms with Gasteiger partial charge in [0.15, 0.2) is 5.13 Å². The van der Waals surface area contributed by atoms with Crippen molar-refractivity contribution in [3.8, 4) is 0 Å². The molecular formula is C19H15BrClN3O2S. The van der Waals surface area contributed by atoms with Crippen molar-refractivity contribution in [2.24, 2.45) is 0 Å². The van der Waals surface area contributed by atoms with Crippen molar-refractivity contribution in [1.82, 2.24) is 4.98 Å². The summed E-state index contributed by atoms with van der Waals surface area (Å²) in [5.74, 6) is -0.336. The maximum absolute atomic E-state index is 12.2. The van der Waals surface area contributed by atoms with E-state index in [1.165, 1.54) is 11.3 Å². The zero-order valence-corrected chi connectivity index (χ0v) is 17.2. The third kappa shape index (κ3) is 5.89. The Labute approximate surface area is 173 Å². The molecule has 2 amide bonds. The molecule has 5 nitrogen and oxygen atoms in total. The monoisotopic (exact) mass is 463 g/mol. The van der Waals surface area contributed by atoms with Crippen molar-refractivity contribution < 1.29 is 9.59 Å². The molecule has 0 aliphatic heterocycles. The zero-order valence-electron chi connectivity index (χ0n) is 14.0. The van der Waals surface area contributed by atoms with E-state index in [2.05, 4.69) is 31.5 Å². The Morgan fingerprint density at radius 2 is 1.74 bits per heavy atom. The second-order valence-corrected chi connectivity index (χ2v) is 7.87. The van der Waals surface area contributed by atoms with Gasteiger partial charge in [-0.15, -0.1) is 11.3 Å². The number of amides is 2. The molecule has 138 valence electrons. The van der Waals surface area contributed by atoms with Gasteiger partial charge in [0.05, 0.1) is 5.69 Å². The number of aryl methyl sites for hydroxylation is 1. The van der Waals surface area contributed by atoms with Crippen LogP contribution in [0.1, 0.15) is 22.5 Å². The van der Waals surface area contributed by atoms with Gasteiger partial charge in [-0.1, -0.05) is 27.5 Å². The molecule has 1 aromatic heterocycles. The van der Waals surface area contributed by atoms with E-state index in [-0.39, 0.29) is 11.8 Å².